The zero-order valence-electron chi connectivity index (χ0n) is 9.58. The van der Waals surface area contributed by atoms with Crippen LogP contribution in [0.2, 0.25) is 0 Å². The summed E-state index contributed by atoms with van der Waals surface area (Å²) in [5, 5.41) is 0. The molecule has 3 nitrogen and oxygen atoms in total. The fourth-order valence-corrected chi connectivity index (χ4v) is 1.58. The van der Waals surface area contributed by atoms with Crippen molar-refractivity contribution in [2.75, 3.05) is 5.73 Å². The van der Waals surface area contributed by atoms with Crippen molar-refractivity contribution in [2.45, 2.75) is 19.5 Å². The molecule has 0 aliphatic rings. The Morgan fingerprint density at radius 1 is 1.22 bits per heavy atom. The molecule has 96 valence electrons. The molecule has 0 atom stereocenters. The molecule has 1 aromatic heterocycles. The van der Waals surface area contributed by atoms with E-state index in [1.165, 1.54) is 0 Å². The van der Waals surface area contributed by atoms with Crippen LogP contribution in [0, 0.1) is 0 Å². The average Bonchev–Trinajstić information content (AvgIpc) is 2.73. The number of oxazole rings is 1. The summed E-state index contributed by atoms with van der Waals surface area (Å²) < 4.78 is 42.3. The van der Waals surface area contributed by atoms with Gasteiger partial charge >= 0.3 is 12.1 Å². The molecular formula is C12H11F3N2O. The van der Waals surface area contributed by atoms with Crippen LogP contribution in [0.1, 0.15) is 18.6 Å². The Hall–Kier alpha value is -1.98. The third-order valence-electron chi connectivity index (χ3n) is 2.45. The predicted molar refractivity (Wildman–Crippen MR) is 60.7 cm³/mol. The molecule has 0 aliphatic heterocycles. The van der Waals surface area contributed by atoms with Gasteiger partial charge in [-0.3, -0.25) is 0 Å². The van der Waals surface area contributed by atoms with Crippen LogP contribution in [-0.2, 0) is 12.6 Å². The van der Waals surface area contributed by atoms with Crippen molar-refractivity contribution < 1.29 is 17.6 Å². The Balaban J connectivity index is 2.50. The van der Waals surface area contributed by atoms with E-state index in [1.807, 2.05) is 0 Å². The second-order valence-corrected chi connectivity index (χ2v) is 3.76. The van der Waals surface area contributed by atoms with Gasteiger partial charge in [-0.15, -0.1) is 0 Å². The van der Waals surface area contributed by atoms with Crippen LogP contribution < -0.4 is 5.73 Å². The van der Waals surface area contributed by atoms with E-state index < -0.39 is 12.1 Å². The van der Waals surface area contributed by atoms with Gasteiger partial charge in [-0.25, -0.2) is 4.98 Å². The van der Waals surface area contributed by atoms with Gasteiger partial charge in [-0.1, -0.05) is 19.1 Å². The topological polar surface area (TPSA) is 52.0 Å². The molecule has 2 N–H and O–H groups in total. The van der Waals surface area contributed by atoms with Gasteiger partial charge in [-0.2, -0.15) is 13.2 Å². The first kappa shape index (κ1) is 12.5. The molecule has 18 heavy (non-hydrogen) atoms. The second kappa shape index (κ2) is 4.36. The fraction of sp³-hybridized carbons (Fsp3) is 0.250. The van der Waals surface area contributed by atoms with E-state index in [0.717, 1.165) is 0 Å². The van der Waals surface area contributed by atoms with Gasteiger partial charge < -0.3 is 10.2 Å². The van der Waals surface area contributed by atoms with Crippen molar-refractivity contribution in [3.63, 3.8) is 0 Å². The number of hydrogen-bond acceptors (Lipinski definition) is 3. The quantitative estimate of drug-likeness (QED) is 0.836. The highest BCUT2D eigenvalue weighted by Crippen LogP contribution is 2.33. The Kier molecular flexibility index (Phi) is 3.02. The minimum atomic E-state index is -4.57. The first-order valence-corrected chi connectivity index (χ1v) is 5.34. The van der Waals surface area contributed by atoms with E-state index in [-0.39, 0.29) is 11.5 Å². The zero-order valence-corrected chi connectivity index (χ0v) is 9.58. The van der Waals surface area contributed by atoms with Gasteiger partial charge in [0.1, 0.15) is 11.5 Å². The molecule has 0 spiro atoms. The number of nitrogens with zero attached hydrogens (tertiary/aromatic N) is 1. The molecule has 0 fully saturated rings. The summed E-state index contributed by atoms with van der Waals surface area (Å²) in [5.74, 6) is -1.00. The van der Waals surface area contributed by atoms with Gasteiger partial charge in [0.25, 0.3) is 0 Å². The summed E-state index contributed by atoms with van der Waals surface area (Å²) in [5.41, 5.74) is 6.83. The van der Waals surface area contributed by atoms with E-state index in [1.54, 1.807) is 31.2 Å². The Labute approximate surface area is 101 Å². The summed E-state index contributed by atoms with van der Waals surface area (Å²) in [6.07, 6.45) is -4.24. The highest BCUT2D eigenvalue weighted by molar-refractivity contribution is 5.63. The van der Waals surface area contributed by atoms with E-state index >= 15 is 0 Å². The standard InChI is InChI=1S/C12H11F3N2O/c1-2-9-10(7-3-5-8(16)6-4-7)17-11(18-9)12(13,14)15/h3-6H,2,16H2,1H3. The number of benzene rings is 1. The minimum Gasteiger partial charge on any atom is -0.437 e. The molecule has 0 amide bonds. The minimum absolute atomic E-state index is 0.213. The molecule has 0 bridgehead atoms. The van der Waals surface area contributed by atoms with Crippen molar-refractivity contribution in [3.05, 3.63) is 35.9 Å². The number of nitrogen functional groups attached to an aromatic ring is 1. The van der Waals surface area contributed by atoms with Crippen LogP contribution in [0.15, 0.2) is 28.7 Å². The van der Waals surface area contributed by atoms with E-state index in [9.17, 15) is 13.2 Å². The van der Waals surface area contributed by atoms with Crippen molar-refractivity contribution in [1.82, 2.24) is 4.98 Å². The van der Waals surface area contributed by atoms with E-state index in [4.69, 9.17) is 10.2 Å². The van der Waals surface area contributed by atoms with Crippen LogP contribution in [-0.4, -0.2) is 4.98 Å². The van der Waals surface area contributed by atoms with Crippen LogP contribution >= 0.6 is 0 Å². The summed E-state index contributed by atoms with van der Waals surface area (Å²) in [7, 11) is 0. The summed E-state index contributed by atoms with van der Waals surface area (Å²) in [6, 6.07) is 6.45. The summed E-state index contributed by atoms with van der Waals surface area (Å²) in [6.45, 7) is 1.71. The smallest absolute Gasteiger partial charge is 0.437 e. The SMILES string of the molecule is CCc1oc(C(F)(F)F)nc1-c1ccc(N)cc1. The zero-order chi connectivity index (χ0) is 13.3. The lowest BCUT2D eigenvalue weighted by molar-refractivity contribution is -0.157. The molecule has 0 aliphatic carbocycles. The average molecular weight is 256 g/mol. The van der Waals surface area contributed by atoms with Gasteiger partial charge in [0, 0.05) is 17.7 Å². The summed E-state index contributed by atoms with van der Waals surface area (Å²) >= 11 is 0. The van der Waals surface area contributed by atoms with Gasteiger partial charge in [0.2, 0.25) is 0 Å². The van der Waals surface area contributed by atoms with Crippen molar-refractivity contribution in [1.29, 1.82) is 0 Å². The van der Waals surface area contributed by atoms with Crippen LogP contribution in [0.3, 0.4) is 0 Å². The van der Waals surface area contributed by atoms with E-state index in [0.29, 0.717) is 17.7 Å². The number of aryl methyl sites for hydroxylation is 1. The van der Waals surface area contributed by atoms with Crippen molar-refractivity contribution in [3.8, 4) is 11.3 Å². The normalized spacial score (nSPS) is 11.8. The highest BCUT2D eigenvalue weighted by Gasteiger charge is 2.38. The summed E-state index contributed by atoms with van der Waals surface area (Å²) in [4.78, 5) is 3.52. The number of hydrogen-bond donors (Lipinski definition) is 1. The molecule has 1 heterocycles. The molecule has 0 unspecified atom stereocenters. The molecule has 1 aromatic carbocycles. The van der Waals surface area contributed by atoms with Crippen molar-refractivity contribution in [2.24, 2.45) is 0 Å². The number of nitrogens with two attached hydrogens (primary N) is 1. The van der Waals surface area contributed by atoms with Gasteiger partial charge in [0.05, 0.1) is 0 Å². The van der Waals surface area contributed by atoms with Gasteiger partial charge in [0.15, 0.2) is 0 Å². The molecule has 6 heteroatoms. The largest absolute Gasteiger partial charge is 0.468 e. The highest BCUT2D eigenvalue weighted by atomic mass is 19.4. The number of aromatic nitrogens is 1. The maximum Gasteiger partial charge on any atom is 0.468 e. The maximum atomic E-state index is 12.5. The van der Waals surface area contributed by atoms with Crippen LogP contribution in [0.4, 0.5) is 18.9 Å². The van der Waals surface area contributed by atoms with Crippen LogP contribution in [0.5, 0.6) is 0 Å². The monoisotopic (exact) mass is 256 g/mol. The first-order chi connectivity index (χ1) is 8.41. The van der Waals surface area contributed by atoms with E-state index in [2.05, 4.69) is 4.98 Å². The molecule has 0 saturated carbocycles. The molecule has 2 aromatic rings. The molecule has 0 radical (unpaired) electrons. The fourth-order valence-electron chi connectivity index (χ4n) is 1.58. The number of alkyl halides is 3. The van der Waals surface area contributed by atoms with Crippen LogP contribution in [0.25, 0.3) is 11.3 Å². The Bertz CT molecular complexity index is 543. The number of halogens is 3. The van der Waals surface area contributed by atoms with Gasteiger partial charge in [-0.05, 0) is 12.1 Å². The Morgan fingerprint density at radius 2 is 1.83 bits per heavy atom. The number of rotatable bonds is 2. The molecule has 0 saturated heterocycles. The first-order valence-electron chi connectivity index (χ1n) is 5.34. The third kappa shape index (κ3) is 2.32. The maximum absolute atomic E-state index is 12.5. The van der Waals surface area contributed by atoms with Crippen molar-refractivity contribution >= 4 is 5.69 Å². The lowest BCUT2D eigenvalue weighted by atomic mass is 10.1. The number of anilines is 1. The Morgan fingerprint density at radius 3 is 2.33 bits per heavy atom. The third-order valence-corrected chi connectivity index (χ3v) is 2.45. The lowest BCUT2D eigenvalue weighted by Crippen LogP contribution is -2.04. The lowest BCUT2D eigenvalue weighted by Gasteiger charge is -1.99. The predicted octanol–water partition coefficient (Wildman–Crippen LogP) is 3.51. The second-order valence-electron chi connectivity index (χ2n) is 3.76. The molecule has 2 rings (SSSR count). The molecular weight excluding hydrogens is 245 g/mol.